The SMILES string of the molecule is CNCc1cnccc1N1CCC2CCCCC21. The van der Waals surface area contributed by atoms with Crippen LogP contribution < -0.4 is 10.2 Å². The highest BCUT2D eigenvalue weighted by atomic mass is 15.2. The Labute approximate surface area is 110 Å². The van der Waals surface area contributed by atoms with Gasteiger partial charge in [-0.25, -0.2) is 0 Å². The van der Waals surface area contributed by atoms with Crippen molar-refractivity contribution in [3.8, 4) is 0 Å². The highest BCUT2D eigenvalue weighted by molar-refractivity contribution is 5.54. The molecule has 0 spiro atoms. The second-order valence-corrected chi connectivity index (χ2v) is 5.63. The van der Waals surface area contributed by atoms with Crippen molar-refractivity contribution in [2.45, 2.75) is 44.7 Å². The van der Waals surface area contributed by atoms with Crippen molar-refractivity contribution in [1.29, 1.82) is 0 Å². The van der Waals surface area contributed by atoms with Gasteiger partial charge in [0.1, 0.15) is 0 Å². The molecule has 0 bridgehead atoms. The van der Waals surface area contributed by atoms with Crippen molar-refractivity contribution in [3.63, 3.8) is 0 Å². The first kappa shape index (κ1) is 12.0. The molecular weight excluding hydrogens is 222 g/mol. The van der Waals surface area contributed by atoms with Crippen LogP contribution in [0.1, 0.15) is 37.7 Å². The lowest BCUT2D eigenvalue weighted by Crippen LogP contribution is -2.35. The van der Waals surface area contributed by atoms with Gasteiger partial charge in [-0.3, -0.25) is 4.98 Å². The van der Waals surface area contributed by atoms with Crippen LogP contribution in [-0.4, -0.2) is 24.6 Å². The van der Waals surface area contributed by atoms with Crippen molar-refractivity contribution in [2.75, 3.05) is 18.5 Å². The maximum Gasteiger partial charge on any atom is 0.0445 e. The molecule has 98 valence electrons. The molecule has 2 fully saturated rings. The molecule has 2 unspecified atom stereocenters. The van der Waals surface area contributed by atoms with Gasteiger partial charge < -0.3 is 10.2 Å². The number of anilines is 1. The van der Waals surface area contributed by atoms with Crippen LogP contribution in [0.2, 0.25) is 0 Å². The summed E-state index contributed by atoms with van der Waals surface area (Å²) in [6, 6.07) is 2.99. The van der Waals surface area contributed by atoms with Gasteiger partial charge >= 0.3 is 0 Å². The lowest BCUT2D eigenvalue weighted by molar-refractivity contribution is 0.342. The van der Waals surface area contributed by atoms with Gasteiger partial charge in [0.15, 0.2) is 0 Å². The number of aromatic nitrogens is 1. The van der Waals surface area contributed by atoms with Crippen molar-refractivity contribution < 1.29 is 0 Å². The smallest absolute Gasteiger partial charge is 0.0445 e. The van der Waals surface area contributed by atoms with Crippen molar-refractivity contribution in [1.82, 2.24) is 10.3 Å². The zero-order valence-corrected chi connectivity index (χ0v) is 11.2. The number of nitrogens with one attached hydrogen (secondary N) is 1. The van der Waals surface area contributed by atoms with E-state index in [0.717, 1.165) is 18.5 Å². The van der Waals surface area contributed by atoms with Crippen molar-refractivity contribution >= 4 is 5.69 Å². The van der Waals surface area contributed by atoms with E-state index in [4.69, 9.17) is 0 Å². The molecule has 1 N–H and O–H groups in total. The summed E-state index contributed by atoms with van der Waals surface area (Å²) in [5.41, 5.74) is 2.75. The maximum atomic E-state index is 4.27. The Kier molecular flexibility index (Phi) is 3.50. The largest absolute Gasteiger partial charge is 0.368 e. The minimum Gasteiger partial charge on any atom is -0.368 e. The topological polar surface area (TPSA) is 28.2 Å². The Hall–Kier alpha value is -1.09. The Balaban J connectivity index is 1.86. The molecule has 3 heteroatoms. The molecule has 1 aromatic rings. The number of nitrogens with zero attached hydrogens (tertiary/aromatic N) is 2. The average Bonchev–Trinajstić information content (AvgIpc) is 2.84. The van der Waals surface area contributed by atoms with Crippen LogP contribution >= 0.6 is 0 Å². The fraction of sp³-hybridized carbons (Fsp3) is 0.667. The van der Waals surface area contributed by atoms with Gasteiger partial charge in [-0.2, -0.15) is 0 Å². The van der Waals surface area contributed by atoms with E-state index in [0.29, 0.717) is 0 Å². The normalized spacial score (nSPS) is 27.3. The molecule has 0 aromatic carbocycles. The highest BCUT2D eigenvalue weighted by Gasteiger charge is 2.36. The van der Waals surface area contributed by atoms with E-state index in [1.54, 1.807) is 0 Å². The second-order valence-electron chi connectivity index (χ2n) is 5.63. The van der Waals surface area contributed by atoms with Gasteiger partial charge in [0.25, 0.3) is 0 Å². The summed E-state index contributed by atoms with van der Waals surface area (Å²) in [6.07, 6.45) is 11.0. The number of hydrogen-bond donors (Lipinski definition) is 1. The van der Waals surface area contributed by atoms with Crippen LogP contribution in [0.5, 0.6) is 0 Å². The fourth-order valence-electron chi connectivity index (χ4n) is 3.73. The second kappa shape index (κ2) is 5.27. The number of fused-ring (bicyclic) bond motifs is 1. The summed E-state index contributed by atoms with van der Waals surface area (Å²) in [4.78, 5) is 6.92. The summed E-state index contributed by atoms with van der Waals surface area (Å²) in [5.74, 6) is 0.939. The molecule has 1 saturated carbocycles. The summed E-state index contributed by atoms with van der Waals surface area (Å²) < 4.78 is 0. The van der Waals surface area contributed by atoms with Crippen LogP contribution in [0.25, 0.3) is 0 Å². The van der Waals surface area contributed by atoms with E-state index in [1.807, 2.05) is 19.4 Å². The Morgan fingerprint density at radius 1 is 1.33 bits per heavy atom. The first-order valence-electron chi connectivity index (χ1n) is 7.24. The van der Waals surface area contributed by atoms with Gasteiger partial charge in [0, 0.05) is 42.8 Å². The summed E-state index contributed by atoms with van der Waals surface area (Å²) in [5, 5.41) is 3.25. The molecule has 3 rings (SSSR count). The van der Waals surface area contributed by atoms with Crippen LogP contribution in [-0.2, 0) is 6.54 Å². The third kappa shape index (κ3) is 2.12. The summed E-state index contributed by atoms with van der Waals surface area (Å²) >= 11 is 0. The lowest BCUT2D eigenvalue weighted by atomic mass is 9.85. The molecule has 2 aliphatic rings. The first-order chi connectivity index (χ1) is 8.90. The molecule has 1 aliphatic carbocycles. The third-order valence-corrected chi connectivity index (χ3v) is 4.56. The number of hydrogen-bond acceptors (Lipinski definition) is 3. The predicted octanol–water partition coefficient (Wildman–Crippen LogP) is 2.57. The van der Waals surface area contributed by atoms with Crippen LogP contribution in [0.4, 0.5) is 5.69 Å². The van der Waals surface area contributed by atoms with Gasteiger partial charge in [0.2, 0.25) is 0 Å². The molecule has 1 saturated heterocycles. The van der Waals surface area contributed by atoms with E-state index in [2.05, 4.69) is 21.3 Å². The van der Waals surface area contributed by atoms with Gasteiger partial charge in [-0.1, -0.05) is 12.8 Å². The summed E-state index contributed by atoms with van der Waals surface area (Å²) in [7, 11) is 2.00. The Morgan fingerprint density at radius 2 is 2.22 bits per heavy atom. The molecular formula is C15H23N3. The molecule has 3 nitrogen and oxygen atoms in total. The maximum absolute atomic E-state index is 4.27. The van der Waals surface area contributed by atoms with Crippen molar-refractivity contribution in [2.24, 2.45) is 5.92 Å². The molecule has 2 heterocycles. The zero-order chi connectivity index (χ0) is 12.4. The van der Waals surface area contributed by atoms with Gasteiger partial charge in [0.05, 0.1) is 0 Å². The average molecular weight is 245 g/mol. The summed E-state index contributed by atoms with van der Waals surface area (Å²) in [6.45, 7) is 2.15. The van der Waals surface area contributed by atoms with E-state index in [-0.39, 0.29) is 0 Å². The molecule has 1 aliphatic heterocycles. The van der Waals surface area contributed by atoms with Crippen LogP contribution in [0.15, 0.2) is 18.5 Å². The lowest BCUT2D eigenvalue weighted by Gasteiger charge is -2.34. The molecule has 0 radical (unpaired) electrons. The van der Waals surface area contributed by atoms with Gasteiger partial charge in [-0.05, 0) is 38.3 Å². The minimum absolute atomic E-state index is 0.789. The monoisotopic (exact) mass is 245 g/mol. The van der Waals surface area contributed by atoms with Gasteiger partial charge in [-0.15, -0.1) is 0 Å². The van der Waals surface area contributed by atoms with Crippen LogP contribution in [0.3, 0.4) is 0 Å². The highest BCUT2D eigenvalue weighted by Crippen LogP contribution is 2.39. The quantitative estimate of drug-likeness (QED) is 0.887. The third-order valence-electron chi connectivity index (χ3n) is 4.56. The standard InChI is InChI=1S/C15H23N3/c1-16-10-13-11-17-8-6-15(13)18-9-7-12-4-2-3-5-14(12)18/h6,8,11-12,14,16H,2-5,7,9-10H2,1H3. The Morgan fingerprint density at radius 3 is 3.11 bits per heavy atom. The van der Waals surface area contributed by atoms with Crippen molar-refractivity contribution in [3.05, 3.63) is 24.0 Å². The van der Waals surface area contributed by atoms with E-state index in [1.165, 1.54) is 49.9 Å². The number of pyridine rings is 1. The zero-order valence-electron chi connectivity index (χ0n) is 11.2. The molecule has 0 amide bonds. The van der Waals surface area contributed by atoms with E-state index >= 15 is 0 Å². The number of rotatable bonds is 3. The Bertz CT molecular complexity index is 404. The minimum atomic E-state index is 0.789. The predicted molar refractivity (Wildman–Crippen MR) is 74.7 cm³/mol. The van der Waals surface area contributed by atoms with E-state index in [9.17, 15) is 0 Å². The fourth-order valence-corrected chi connectivity index (χ4v) is 3.73. The first-order valence-corrected chi connectivity index (χ1v) is 7.24. The molecule has 18 heavy (non-hydrogen) atoms. The molecule has 1 aromatic heterocycles. The molecule has 2 atom stereocenters. The van der Waals surface area contributed by atoms with Crippen LogP contribution in [0, 0.1) is 5.92 Å². The van der Waals surface area contributed by atoms with E-state index < -0.39 is 0 Å².